The number of nitrogens with zero attached hydrogens (tertiary/aromatic N) is 1. The third kappa shape index (κ3) is 5.73. The predicted molar refractivity (Wildman–Crippen MR) is 109 cm³/mol. The van der Waals surface area contributed by atoms with Crippen LogP contribution in [0.1, 0.15) is 17.5 Å². The third-order valence-corrected chi connectivity index (χ3v) is 4.28. The average molecular weight is 420 g/mol. The molecule has 0 aliphatic heterocycles. The number of aromatic amines is 1. The zero-order chi connectivity index (χ0) is 19.9. The molecule has 0 radical (unpaired) electrons. The Bertz CT molecular complexity index is 912. The lowest BCUT2D eigenvalue weighted by Gasteiger charge is -2.18. The molecule has 0 bridgehead atoms. The molecule has 2 aromatic carbocycles. The molecule has 0 spiro atoms. The number of halogens is 2. The second-order valence-electron chi connectivity index (χ2n) is 6.07. The number of carbonyl (C=O) groups excluding carboxylic acids is 1. The van der Waals surface area contributed by atoms with Gasteiger partial charge >= 0.3 is 0 Å². The lowest BCUT2D eigenvalue weighted by molar-refractivity contribution is -0.119. The van der Waals surface area contributed by atoms with Crippen LogP contribution in [0.15, 0.2) is 54.9 Å². The molecule has 1 amide bonds. The normalized spacial score (nSPS) is 11.8. The van der Waals surface area contributed by atoms with Gasteiger partial charge in [0.15, 0.2) is 6.10 Å². The highest BCUT2D eigenvalue weighted by Crippen LogP contribution is 2.28. The molecule has 1 unspecified atom stereocenters. The zero-order valence-electron chi connectivity index (χ0n) is 15.1. The summed E-state index contributed by atoms with van der Waals surface area (Å²) in [7, 11) is 1.47. The van der Waals surface area contributed by atoms with Crippen molar-refractivity contribution in [3.63, 3.8) is 0 Å². The highest BCUT2D eigenvalue weighted by molar-refractivity contribution is 6.34. The summed E-state index contributed by atoms with van der Waals surface area (Å²) in [5, 5.41) is 3.87. The van der Waals surface area contributed by atoms with Crippen LogP contribution < -0.4 is 10.1 Å². The van der Waals surface area contributed by atoms with E-state index in [0.717, 1.165) is 5.56 Å². The summed E-state index contributed by atoms with van der Waals surface area (Å²) >= 11 is 12.2. The first-order valence-electron chi connectivity index (χ1n) is 8.53. The molecule has 3 rings (SSSR count). The molecule has 1 aromatic heterocycles. The number of nitrogens with one attached hydrogen (secondary N) is 2. The molecule has 0 saturated heterocycles. The molecule has 2 N–H and O–H groups in total. The molecule has 0 fully saturated rings. The first kappa shape index (κ1) is 20.2. The minimum atomic E-state index is -0.394. The summed E-state index contributed by atoms with van der Waals surface area (Å²) in [6.45, 7) is -0.0182. The maximum atomic E-state index is 11.7. The Balaban J connectivity index is 1.79. The van der Waals surface area contributed by atoms with E-state index in [1.807, 2.05) is 18.2 Å². The predicted octanol–water partition coefficient (Wildman–Crippen LogP) is 4.66. The van der Waals surface area contributed by atoms with E-state index < -0.39 is 6.10 Å². The van der Waals surface area contributed by atoms with Gasteiger partial charge in [-0.2, -0.15) is 0 Å². The first-order valence-corrected chi connectivity index (χ1v) is 9.29. The summed E-state index contributed by atoms with van der Waals surface area (Å²) in [5.41, 5.74) is 1.53. The fraction of sp³-hybridized carbons (Fsp3) is 0.200. The zero-order valence-corrected chi connectivity index (χ0v) is 16.6. The molecule has 1 atom stereocenters. The van der Waals surface area contributed by atoms with E-state index in [1.165, 1.54) is 7.11 Å². The first-order chi connectivity index (χ1) is 13.5. The quantitative estimate of drug-likeness (QED) is 0.556. The molecular weight excluding hydrogens is 401 g/mol. The van der Waals surface area contributed by atoms with Crippen LogP contribution in [-0.4, -0.2) is 29.6 Å². The van der Waals surface area contributed by atoms with Crippen molar-refractivity contribution in [2.24, 2.45) is 0 Å². The van der Waals surface area contributed by atoms with Crippen molar-refractivity contribution in [2.75, 3.05) is 19.0 Å². The standard InChI is InChI=1S/C20H19Cl2N3O3/c1-27-12-19(26)25-16-3-2-4-17(11-16)28-18(20-23-5-6-24-20)9-13-7-14(21)10-15(22)8-13/h2-8,10-11,18H,9,12H2,1H3,(H,23,24)(H,25,26). The van der Waals surface area contributed by atoms with Crippen LogP contribution in [0.5, 0.6) is 5.75 Å². The smallest absolute Gasteiger partial charge is 0.250 e. The van der Waals surface area contributed by atoms with Gasteiger partial charge in [-0.05, 0) is 35.9 Å². The Morgan fingerprint density at radius 3 is 2.68 bits per heavy atom. The topological polar surface area (TPSA) is 76.2 Å². The van der Waals surface area contributed by atoms with Gasteiger partial charge in [0.05, 0.1) is 0 Å². The third-order valence-electron chi connectivity index (χ3n) is 3.84. The summed E-state index contributed by atoms with van der Waals surface area (Å²) in [5.74, 6) is 1.02. The maximum Gasteiger partial charge on any atom is 0.250 e. The van der Waals surface area contributed by atoms with Crippen molar-refractivity contribution in [3.05, 3.63) is 76.3 Å². The molecular formula is C20H19Cl2N3O3. The number of carbonyl (C=O) groups is 1. The van der Waals surface area contributed by atoms with Gasteiger partial charge in [0.25, 0.3) is 0 Å². The molecule has 6 nitrogen and oxygen atoms in total. The van der Waals surface area contributed by atoms with Crippen molar-refractivity contribution < 1.29 is 14.3 Å². The number of H-pyrrole nitrogens is 1. The van der Waals surface area contributed by atoms with Gasteiger partial charge in [-0.15, -0.1) is 0 Å². The van der Waals surface area contributed by atoms with Gasteiger partial charge in [-0.25, -0.2) is 4.98 Å². The van der Waals surface area contributed by atoms with Gasteiger partial charge < -0.3 is 19.8 Å². The maximum absolute atomic E-state index is 11.7. The van der Waals surface area contributed by atoms with Gasteiger partial charge in [0, 0.05) is 47.7 Å². The van der Waals surface area contributed by atoms with Crippen LogP contribution in [0.2, 0.25) is 10.0 Å². The highest BCUT2D eigenvalue weighted by atomic mass is 35.5. The van der Waals surface area contributed by atoms with Gasteiger partial charge in [-0.3, -0.25) is 4.79 Å². The lowest BCUT2D eigenvalue weighted by atomic mass is 10.1. The average Bonchev–Trinajstić information content (AvgIpc) is 3.15. The van der Waals surface area contributed by atoms with E-state index in [1.54, 1.807) is 36.7 Å². The lowest BCUT2D eigenvalue weighted by Crippen LogP contribution is -2.17. The Morgan fingerprint density at radius 1 is 1.21 bits per heavy atom. The minimum absolute atomic E-state index is 0.0182. The van der Waals surface area contributed by atoms with Crippen molar-refractivity contribution in [3.8, 4) is 5.75 Å². The van der Waals surface area contributed by atoms with E-state index in [2.05, 4.69) is 15.3 Å². The van der Waals surface area contributed by atoms with Crippen LogP contribution in [0, 0.1) is 0 Å². The molecule has 0 saturated carbocycles. The molecule has 0 aliphatic rings. The van der Waals surface area contributed by atoms with E-state index in [-0.39, 0.29) is 12.5 Å². The minimum Gasteiger partial charge on any atom is -0.482 e. The summed E-state index contributed by atoms with van der Waals surface area (Å²) in [4.78, 5) is 19.1. The molecule has 1 heterocycles. The number of ether oxygens (including phenoxy) is 2. The number of rotatable bonds is 8. The Hall–Kier alpha value is -2.54. The molecule has 146 valence electrons. The molecule has 28 heavy (non-hydrogen) atoms. The fourth-order valence-electron chi connectivity index (χ4n) is 2.73. The van der Waals surface area contributed by atoms with E-state index in [4.69, 9.17) is 32.7 Å². The number of benzene rings is 2. The van der Waals surface area contributed by atoms with Crippen LogP contribution in [-0.2, 0) is 16.0 Å². The highest BCUT2D eigenvalue weighted by Gasteiger charge is 2.18. The molecule has 0 aliphatic carbocycles. The summed E-state index contributed by atoms with van der Waals surface area (Å²) < 4.78 is 11.0. The Morgan fingerprint density at radius 2 is 2.00 bits per heavy atom. The SMILES string of the molecule is COCC(=O)Nc1cccc(OC(Cc2cc(Cl)cc(Cl)c2)c2ncc[nH]2)c1. The largest absolute Gasteiger partial charge is 0.482 e. The monoisotopic (exact) mass is 419 g/mol. The Labute approximate surface area is 172 Å². The number of aromatic nitrogens is 2. The van der Waals surface area contributed by atoms with Crippen molar-refractivity contribution in [1.82, 2.24) is 9.97 Å². The summed E-state index contributed by atoms with van der Waals surface area (Å²) in [6.07, 6.45) is 3.51. The van der Waals surface area contributed by atoms with Crippen molar-refractivity contribution >= 4 is 34.8 Å². The molecule has 3 aromatic rings. The number of hydrogen-bond donors (Lipinski definition) is 2. The number of amides is 1. The fourth-order valence-corrected chi connectivity index (χ4v) is 3.30. The number of hydrogen-bond acceptors (Lipinski definition) is 4. The van der Waals surface area contributed by atoms with E-state index >= 15 is 0 Å². The van der Waals surface area contributed by atoms with Crippen molar-refractivity contribution in [2.45, 2.75) is 12.5 Å². The van der Waals surface area contributed by atoms with Crippen LogP contribution >= 0.6 is 23.2 Å². The van der Waals surface area contributed by atoms with Crippen LogP contribution in [0.4, 0.5) is 5.69 Å². The van der Waals surface area contributed by atoms with E-state index in [0.29, 0.717) is 33.7 Å². The number of methoxy groups -OCH3 is 1. The van der Waals surface area contributed by atoms with Crippen molar-refractivity contribution in [1.29, 1.82) is 0 Å². The van der Waals surface area contributed by atoms with Gasteiger partial charge in [0.2, 0.25) is 5.91 Å². The summed E-state index contributed by atoms with van der Waals surface area (Å²) in [6, 6.07) is 12.5. The van der Waals surface area contributed by atoms with Crippen LogP contribution in [0.3, 0.4) is 0 Å². The van der Waals surface area contributed by atoms with Crippen LogP contribution in [0.25, 0.3) is 0 Å². The Kier molecular flexibility index (Phi) is 6.92. The number of anilines is 1. The van der Waals surface area contributed by atoms with Gasteiger partial charge in [0.1, 0.15) is 18.2 Å². The second kappa shape index (κ2) is 9.59. The molecule has 8 heteroatoms. The second-order valence-corrected chi connectivity index (χ2v) is 6.94. The number of imidazole rings is 1. The van der Waals surface area contributed by atoms with Gasteiger partial charge in [-0.1, -0.05) is 29.3 Å². The van der Waals surface area contributed by atoms with E-state index in [9.17, 15) is 4.79 Å².